The second kappa shape index (κ2) is 9.40. The first-order valence-electron chi connectivity index (χ1n) is 8.19. The Hall–Kier alpha value is -2.91. The predicted octanol–water partition coefficient (Wildman–Crippen LogP) is 2.25. The molecule has 0 heterocycles. The smallest absolute Gasteiger partial charge is 0.265 e. The third-order valence-corrected chi connectivity index (χ3v) is 3.86. The van der Waals surface area contributed by atoms with Crippen LogP contribution in [0.4, 0.5) is 0 Å². The minimum absolute atomic E-state index is 0.193. The zero-order valence-corrected chi connectivity index (χ0v) is 14.8. The van der Waals surface area contributed by atoms with Crippen LogP contribution >= 0.6 is 0 Å². The summed E-state index contributed by atoms with van der Waals surface area (Å²) in [6.45, 7) is 5.97. The highest BCUT2D eigenvalue weighted by Gasteiger charge is 2.18. The van der Waals surface area contributed by atoms with E-state index >= 15 is 0 Å². The lowest BCUT2D eigenvalue weighted by Crippen LogP contribution is -2.32. The standard InChI is InChI=1S/C17H18N4O2.C2H6/c1-10-2-4-12(15(6-10)17(23)21-20)7-11-3-5-13(9-18)14(8-11)16(19)22;1-2/h3,5-6,8H,2,4,7,20H2,1H3,(H2,19,22)(H,21,23);1-2H3. The quantitative estimate of drug-likeness (QED) is 0.442. The highest BCUT2D eigenvalue weighted by atomic mass is 16.2. The Labute approximate surface area is 148 Å². The number of carbonyl (C=O) groups excluding carboxylic acids is 2. The fraction of sp³-hybridized carbons (Fsp3) is 0.316. The van der Waals surface area contributed by atoms with Gasteiger partial charge in [-0.15, -0.1) is 0 Å². The van der Waals surface area contributed by atoms with E-state index in [9.17, 15) is 9.59 Å². The molecule has 0 aromatic heterocycles. The third kappa shape index (κ3) is 5.03. The van der Waals surface area contributed by atoms with Crippen LogP contribution in [0, 0.1) is 11.3 Å². The predicted molar refractivity (Wildman–Crippen MR) is 97.1 cm³/mol. The van der Waals surface area contributed by atoms with Crippen molar-refractivity contribution >= 4 is 11.8 Å². The average molecular weight is 340 g/mol. The molecule has 0 fully saturated rings. The van der Waals surface area contributed by atoms with Crippen LogP contribution in [-0.4, -0.2) is 11.8 Å². The molecule has 1 aliphatic carbocycles. The minimum Gasteiger partial charge on any atom is -0.366 e. The number of nitrogens with one attached hydrogen (secondary N) is 1. The average Bonchev–Trinajstić information content (AvgIpc) is 2.64. The molecule has 2 amide bonds. The zero-order chi connectivity index (χ0) is 19.0. The molecular weight excluding hydrogens is 316 g/mol. The van der Waals surface area contributed by atoms with E-state index < -0.39 is 5.91 Å². The Morgan fingerprint density at radius 3 is 2.52 bits per heavy atom. The van der Waals surface area contributed by atoms with Crippen LogP contribution < -0.4 is 17.0 Å². The van der Waals surface area contributed by atoms with Gasteiger partial charge in [0.1, 0.15) is 0 Å². The van der Waals surface area contributed by atoms with E-state index in [-0.39, 0.29) is 17.0 Å². The first-order valence-corrected chi connectivity index (χ1v) is 8.19. The fourth-order valence-electron chi connectivity index (χ4n) is 2.64. The Balaban J connectivity index is 0.00000151. The molecule has 0 unspecified atom stereocenters. The van der Waals surface area contributed by atoms with Gasteiger partial charge >= 0.3 is 0 Å². The third-order valence-electron chi connectivity index (χ3n) is 3.86. The number of nitriles is 1. The number of nitrogens with two attached hydrogens (primary N) is 2. The summed E-state index contributed by atoms with van der Waals surface area (Å²) in [5.41, 5.74) is 11.4. The van der Waals surface area contributed by atoms with Gasteiger partial charge in [-0.3, -0.25) is 15.0 Å². The zero-order valence-electron chi connectivity index (χ0n) is 14.8. The van der Waals surface area contributed by atoms with E-state index in [4.69, 9.17) is 16.8 Å². The van der Waals surface area contributed by atoms with Gasteiger partial charge in [-0.05, 0) is 43.9 Å². The normalized spacial score (nSPS) is 13.2. The van der Waals surface area contributed by atoms with E-state index in [1.165, 1.54) is 0 Å². The van der Waals surface area contributed by atoms with Gasteiger partial charge in [0.15, 0.2) is 0 Å². The van der Waals surface area contributed by atoms with Gasteiger partial charge in [-0.2, -0.15) is 5.26 Å². The number of nitrogens with zero attached hydrogens (tertiary/aromatic N) is 1. The number of rotatable bonds is 4. The molecule has 1 aromatic carbocycles. The Bertz CT molecular complexity index is 770. The number of benzene rings is 1. The molecule has 0 bridgehead atoms. The molecule has 1 aromatic rings. The number of carbonyl (C=O) groups is 2. The molecule has 6 heteroatoms. The van der Waals surface area contributed by atoms with Crippen molar-refractivity contribution < 1.29 is 9.59 Å². The summed E-state index contributed by atoms with van der Waals surface area (Å²) >= 11 is 0. The summed E-state index contributed by atoms with van der Waals surface area (Å²) < 4.78 is 0. The van der Waals surface area contributed by atoms with E-state index in [1.54, 1.807) is 18.2 Å². The lowest BCUT2D eigenvalue weighted by Gasteiger charge is -2.18. The maximum atomic E-state index is 11.9. The molecule has 1 aliphatic rings. The summed E-state index contributed by atoms with van der Waals surface area (Å²) in [4.78, 5) is 23.4. The Kier molecular flexibility index (Phi) is 7.57. The number of hydrogen-bond acceptors (Lipinski definition) is 4. The number of hydrogen-bond donors (Lipinski definition) is 3. The molecule has 0 saturated carbocycles. The van der Waals surface area contributed by atoms with Gasteiger partial charge in [0.05, 0.1) is 17.2 Å². The minimum atomic E-state index is -0.642. The molecule has 6 nitrogen and oxygen atoms in total. The van der Waals surface area contributed by atoms with Gasteiger partial charge in [0.25, 0.3) is 5.91 Å². The van der Waals surface area contributed by atoms with E-state index in [0.29, 0.717) is 12.0 Å². The van der Waals surface area contributed by atoms with E-state index in [0.717, 1.165) is 29.6 Å². The van der Waals surface area contributed by atoms with Gasteiger partial charge in [-0.25, -0.2) is 5.84 Å². The van der Waals surface area contributed by atoms with Crippen LogP contribution in [0.1, 0.15) is 55.1 Å². The van der Waals surface area contributed by atoms with Crippen LogP contribution in [0.3, 0.4) is 0 Å². The largest absolute Gasteiger partial charge is 0.366 e. The lowest BCUT2D eigenvalue weighted by atomic mass is 9.88. The van der Waals surface area contributed by atoms with E-state index in [1.807, 2.05) is 32.9 Å². The van der Waals surface area contributed by atoms with Crippen molar-refractivity contribution in [1.82, 2.24) is 5.43 Å². The summed E-state index contributed by atoms with van der Waals surface area (Å²) in [7, 11) is 0. The van der Waals surface area contributed by atoms with Gasteiger partial charge in [-0.1, -0.05) is 37.1 Å². The van der Waals surface area contributed by atoms with Gasteiger partial charge in [0.2, 0.25) is 5.91 Å². The summed E-state index contributed by atoms with van der Waals surface area (Å²) in [6.07, 6.45) is 3.95. The highest BCUT2D eigenvalue weighted by Crippen LogP contribution is 2.27. The summed E-state index contributed by atoms with van der Waals surface area (Å²) in [5.74, 6) is 4.27. The molecule has 0 saturated heterocycles. The van der Waals surface area contributed by atoms with Crippen molar-refractivity contribution in [3.63, 3.8) is 0 Å². The molecule has 132 valence electrons. The van der Waals surface area contributed by atoms with Crippen molar-refractivity contribution in [2.45, 2.75) is 40.0 Å². The first-order chi connectivity index (χ1) is 12.0. The van der Waals surface area contributed by atoms with Crippen LogP contribution in [0.25, 0.3) is 0 Å². The van der Waals surface area contributed by atoms with Gasteiger partial charge in [0, 0.05) is 5.57 Å². The second-order valence-electron chi connectivity index (χ2n) is 5.51. The maximum Gasteiger partial charge on any atom is 0.265 e. The summed E-state index contributed by atoms with van der Waals surface area (Å²) in [6, 6.07) is 6.89. The Morgan fingerprint density at radius 1 is 1.28 bits per heavy atom. The fourth-order valence-corrected chi connectivity index (χ4v) is 2.64. The molecule has 0 atom stereocenters. The molecular formula is C19H24N4O2. The monoisotopic (exact) mass is 340 g/mol. The molecule has 0 radical (unpaired) electrons. The maximum absolute atomic E-state index is 11.9. The molecule has 5 N–H and O–H groups in total. The van der Waals surface area contributed by atoms with Crippen molar-refractivity contribution in [3.05, 3.63) is 57.7 Å². The van der Waals surface area contributed by atoms with Crippen LogP contribution in [-0.2, 0) is 11.2 Å². The van der Waals surface area contributed by atoms with Crippen LogP contribution in [0.2, 0.25) is 0 Å². The molecule has 0 aliphatic heterocycles. The number of allylic oxidation sites excluding steroid dienone is 2. The van der Waals surface area contributed by atoms with Crippen molar-refractivity contribution in [2.24, 2.45) is 11.6 Å². The number of hydrazine groups is 1. The SMILES string of the molecule is CC.CC1=CC(C(=O)NN)=C(Cc2ccc(C#N)c(C(N)=O)c2)CC1. The first kappa shape index (κ1) is 20.1. The molecule has 2 rings (SSSR count). The lowest BCUT2D eigenvalue weighted by molar-refractivity contribution is -0.117. The topological polar surface area (TPSA) is 122 Å². The number of amides is 2. The summed E-state index contributed by atoms with van der Waals surface area (Å²) in [5, 5.41) is 9.01. The molecule has 25 heavy (non-hydrogen) atoms. The van der Waals surface area contributed by atoms with Crippen LogP contribution in [0.5, 0.6) is 0 Å². The number of primary amides is 1. The van der Waals surface area contributed by atoms with Crippen molar-refractivity contribution in [1.29, 1.82) is 5.26 Å². The highest BCUT2D eigenvalue weighted by molar-refractivity contribution is 5.97. The van der Waals surface area contributed by atoms with Crippen molar-refractivity contribution in [2.75, 3.05) is 0 Å². The molecule has 0 spiro atoms. The second-order valence-corrected chi connectivity index (χ2v) is 5.51. The van der Waals surface area contributed by atoms with E-state index in [2.05, 4.69) is 5.43 Å². The van der Waals surface area contributed by atoms with Gasteiger partial charge < -0.3 is 5.73 Å². The Morgan fingerprint density at radius 2 is 1.96 bits per heavy atom. The van der Waals surface area contributed by atoms with Crippen LogP contribution in [0.15, 0.2) is 41.0 Å². The van der Waals surface area contributed by atoms with Crippen molar-refractivity contribution in [3.8, 4) is 6.07 Å².